The number of benzene rings is 2. The summed E-state index contributed by atoms with van der Waals surface area (Å²) in [5.41, 5.74) is 2.92. The molecule has 4 nitrogen and oxygen atoms in total. The average Bonchev–Trinajstić information content (AvgIpc) is 3.15. The van der Waals surface area contributed by atoms with Gasteiger partial charge in [-0.2, -0.15) is 15.8 Å². The predicted octanol–water partition coefficient (Wildman–Crippen LogP) is 3.69. The topological polar surface area (TPSA) is 80.6 Å². The molecule has 2 aliphatic rings. The molecular formula is C20H9N3O. The zero-order chi connectivity index (χ0) is 16.7. The van der Waals surface area contributed by atoms with Crippen LogP contribution in [-0.2, 0) is 10.3 Å². The van der Waals surface area contributed by atoms with Crippen LogP contribution in [0.5, 0.6) is 0 Å². The van der Waals surface area contributed by atoms with E-state index >= 15 is 0 Å². The Kier molecular flexibility index (Phi) is 2.79. The van der Waals surface area contributed by atoms with Gasteiger partial charge >= 0.3 is 0 Å². The number of hydrogen-bond acceptors (Lipinski definition) is 4. The smallest absolute Gasteiger partial charge is 0.180 e. The van der Waals surface area contributed by atoms with Crippen molar-refractivity contribution < 1.29 is 4.74 Å². The predicted molar refractivity (Wildman–Crippen MR) is 85.7 cm³/mol. The standard InChI is InChI=1S/C20H9N3O/c21-10-13-9-20(24-19(13)14(11-22)12-23)17-7-3-1-5-15(17)16-6-2-4-8-18(16)20/h1-9H. The van der Waals surface area contributed by atoms with Gasteiger partial charge in [0.25, 0.3) is 0 Å². The summed E-state index contributed by atoms with van der Waals surface area (Å²) in [5.74, 6) is 0.0500. The highest BCUT2D eigenvalue weighted by Gasteiger charge is 2.49. The summed E-state index contributed by atoms with van der Waals surface area (Å²) in [4.78, 5) is 0. The van der Waals surface area contributed by atoms with Crippen molar-refractivity contribution in [1.82, 2.24) is 0 Å². The van der Waals surface area contributed by atoms with Crippen molar-refractivity contribution in [3.8, 4) is 29.3 Å². The van der Waals surface area contributed by atoms with Gasteiger partial charge in [-0.25, -0.2) is 0 Å². The van der Waals surface area contributed by atoms with Crippen LogP contribution >= 0.6 is 0 Å². The van der Waals surface area contributed by atoms with Gasteiger partial charge in [0.15, 0.2) is 16.9 Å². The Hall–Kier alpha value is -3.81. The lowest BCUT2D eigenvalue weighted by Gasteiger charge is -2.25. The van der Waals surface area contributed by atoms with Crippen LogP contribution < -0.4 is 0 Å². The third kappa shape index (κ3) is 1.59. The average molecular weight is 307 g/mol. The molecule has 1 aliphatic carbocycles. The van der Waals surface area contributed by atoms with E-state index < -0.39 is 5.60 Å². The first-order chi connectivity index (χ1) is 11.7. The van der Waals surface area contributed by atoms with Gasteiger partial charge in [-0.15, -0.1) is 0 Å². The molecule has 4 heteroatoms. The molecule has 1 aliphatic heterocycles. The van der Waals surface area contributed by atoms with Crippen molar-refractivity contribution in [1.29, 1.82) is 15.8 Å². The van der Waals surface area contributed by atoms with Crippen LogP contribution in [0.3, 0.4) is 0 Å². The molecule has 2 aromatic carbocycles. The molecule has 1 spiro atoms. The fourth-order valence-electron chi connectivity index (χ4n) is 3.40. The highest BCUT2D eigenvalue weighted by Crippen LogP contribution is 2.55. The Bertz CT molecular complexity index is 1010. The molecule has 0 atom stereocenters. The Morgan fingerprint density at radius 2 is 1.38 bits per heavy atom. The Morgan fingerprint density at radius 3 is 1.88 bits per heavy atom. The first-order valence-electron chi connectivity index (χ1n) is 7.31. The summed E-state index contributed by atoms with van der Waals surface area (Å²) in [6.07, 6.45) is 1.71. The number of nitrogens with zero attached hydrogens (tertiary/aromatic N) is 3. The highest BCUT2D eigenvalue weighted by atomic mass is 16.5. The summed E-state index contributed by atoms with van der Waals surface area (Å²) in [7, 11) is 0. The number of ether oxygens (including phenoxy) is 1. The van der Waals surface area contributed by atoms with Gasteiger partial charge in [-0.05, 0) is 17.2 Å². The van der Waals surface area contributed by atoms with Crippen LogP contribution in [0.1, 0.15) is 11.1 Å². The van der Waals surface area contributed by atoms with E-state index in [1.165, 1.54) is 0 Å². The van der Waals surface area contributed by atoms with Crippen LogP contribution in [0, 0.1) is 34.0 Å². The zero-order valence-corrected chi connectivity index (χ0v) is 12.4. The van der Waals surface area contributed by atoms with Gasteiger partial charge in [0.1, 0.15) is 18.2 Å². The lowest BCUT2D eigenvalue weighted by molar-refractivity contribution is 0.107. The number of fused-ring (bicyclic) bond motifs is 5. The molecule has 0 N–H and O–H groups in total. The van der Waals surface area contributed by atoms with Gasteiger partial charge in [0.2, 0.25) is 0 Å². The second kappa shape index (κ2) is 4.85. The third-order valence-electron chi connectivity index (χ3n) is 4.37. The van der Waals surface area contributed by atoms with Crippen molar-refractivity contribution >= 4 is 0 Å². The lowest BCUT2D eigenvalue weighted by atomic mass is 9.91. The van der Waals surface area contributed by atoms with E-state index in [1.807, 2.05) is 60.7 Å². The molecule has 0 amide bonds. The Labute approximate surface area is 138 Å². The normalized spacial score (nSPS) is 15.4. The maximum atomic E-state index is 9.46. The van der Waals surface area contributed by atoms with Crippen LogP contribution in [-0.4, -0.2) is 0 Å². The van der Waals surface area contributed by atoms with E-state index in [2.05, 4.69) is 6.07 Å². The molecule has 0 saturated carbocycles. The minimum absolute atomic E-state index is 0.0500. The molecule has 0 unspecified atom stereocenters. The molecule has 0 saturated heterocycles. The molecule has 24 heavy (non-hydrogen) atoms. The van der Waals surface area contributed by atoms with Crippen molar-refractivity contribution in [3.05, 3.63) is 82.6 Å². The Morgan fingerprint density at radius 1 is 0.833 bits per heavy atom. The maximum absolute atomic E-state index is 9.46. The van der Waals surface area contributed by atoms with Crippen molar-refractivity contribution in [2.24, 2.45) is 0 Å². The van der Waals surface area contributed by atoms with E-state index in [0.717, 1.165) is 22.3 Å². The van der Waals surface area contributed by atoms with E-state index in [4.69, 9.17) is 4.74 Å². The fourth-order valence-corrected chi connectivity index (χ4v) is 3.40. The molecule has 110 valence electrons. The SMILES string of the molecule is N#CC1=CC2(OC1=C(C#N)C#N)c1ccccc1-c1ccccc12. The maximum Gasteiger partial charge on any atom is 0.180 e. The molecule has 1 heterocycles. The van der Waals surface area contributed by atoms with Gasteiger partial charge in [-0.1, -0.05) is 48.5 Å². The third-order valence-corrected chi connectivity index (χ3v) is 4.37. The van der Waals surface area contributed by atoms with E-state index in [0.29, 0.717) is 0 Å². The lowest BCUT2D eigenvalue weighted by Crippen LogP contribution is -2.22. The number of hydrogen-bond donors (Lipinski definition) is 0. The molecule has 0 bridgehead atoms. The summed E-state index contributed by atoms with van der Waals surface area (Å²) >= 11 is 0. The first-order valence-corrected chi connectivity index (χ1v) is 7.31. The number of allylic oxidation sites excluding steroid dienone is 2. The number of nitriles is 3. The van der Waals surface area contributed by atoms with Gasteiger partial charge < -0.3 is 4.74 Å². The summed E-state index contributed by atoms with van der Waals surface area (Å²) < 4.78 is 6.13. The van der Waals surface area contributed by atoms with Crippen LogP contribution in [0.15, 0.2) is 71.5 Å². The van der Waals surface area contributed by atoms with Gasteiger partial charge in [0.05, 0.1) is 5.57 Å². The van der Waals surface area contributed by atoms with Crippen molar-refractivity contribution in [2.45, 2.75) is 5.60 Å². The molecule has 0 aromatic heterocycles. The van der Waals surface area contributed by atoms with Crippen molar-refractivity contribution in [3.63, 3.8) is 0 Å². The zero-order valence-electron chi connectivity index (χ0n) is 12.4. The van der Waals surface area contributed by atoms with Crippen LogP contribution in [0.2, 0.25) is 0 Å². The minimum atomic E-state index is -0.966. The Balaban J connectivity index is 2.06. The monoisotopic (exact) mass is 307 g/mol. The van der Waals surface area contributed by atoms with Crippen molar-refractivity contribution in [2.75, 3.05) is 0 Å². The molecule has 0 radical (unpaired) electrons. The highest BCUT2D eigenvalue weighted by molar-refractivity contribution is 5.82. The quantitative estimate of drug-likeness (QED) is 0.695. The van der Waals surface area contributed by atoms with E-state index in [-0.39, 0.29) is 16.9 Å². The van der Waals surface area contributed by atoms with Gasteiger partial charge in [0, 0.05) is 11.1 Å². The fraction of sp³-hybridized carbons (Fsp3) is 0.0500. The van der Waals surface area contributed by atoms with E-state index in [9.17, 15) is 15.8 Å². The van der Waals surface area contributed by atoms with Crippen LogP contribution in [0.4, 0.5) is 0 Å². The molecule has 0 fully saturated rings. The molecule has 2 aromatic rings. The second-order valence-electron chi connectivity index (χ2n) is 5.53. The van der Waals surface area contributed by atoms with Gasteiger partial charge in [-0.3, -0.25) is 0 Å². The molecule has 4 rings (SSSR count). The summed E-state index contributed by atoms with van der Waals surface area (Å²) in [6, 6.07) is 21.3. The largest absolute Gasteiger partial charge is 0.470 e. The molecular weight excluding hydrogens is 298 g/mol. The summed E-state index contributed by atoms with van der Waals surface area (Å²) in [5, 5.41) is 27.8. The van der Waals surface area contributed by atoms with Crippen LogP contribution in [0.25, 0.3) is 11.1 Å². The van der Waals surface area contributed by atoms with E-state index in [1.54, 1.807) is 6.08 Å². The number of rotatable bonds is 0. The second-order valence-corrected chi connectivity index (χ2v) is 5.53. The minimum Gasteiger partial charge on any atom is -0.470 e. The summed E-state index contributed by atoms with van der Waals surface area (Å²) in [6.45, 7) is 0. The first kappa shape index (κ1) is 13.8.